The SMILES string of the molecule is COc1cc(C(=O)Nc2cc(Cl)ccc2C)on1. The molecule has 0 bridgehead atoms. The van der Waals surface area contributed by atoms with Crippen LogP contribution in [0.1, 0.15) is 16.1 Å². The third-order valence-corrected chi connectivity index (χ3v) is 2.60. The van der Waals surface area contributed by atoms with Gasteiger partial charge >= 0.3 is 0 Å². The lowest BCUT2D eigenvalue weighted by Crippen LogP contribution is -2.11. The fraction of sp³-hybridized carbons (Fsp3) is 0.167. The van der Waals surface area contributed by atoms with Crippen molar-refractivity contribution in [3.63, 3.8) is 0 Å². The molecule has 0 fully saturated rings. The van der Waals surface area contributed by atoms with Crippen molar-refractivity contribution < 1.29 is 14.1 Å². The molecule has 0 aliphatic rings. The minimum Gasteiger partial charge on any atom is -0.479 e. The molecule has 1 aromatic carbocycles. The maximum atomic E-state index is 11.9. The smallest absolute Gasteiger partial charge is 0.294 e. The summed E-state index contributed by atoms with van der Waals surface area (Å²) in [6, 6.07) is 6.65. The van der Waals surface area contributed by atoms with Crippen molar-refractivity contribution in [1.82, 2.24) is 5.16 Å². The highest BCUT2D eigenvalue weighted by Crippen LogP contribution is 2.21. The summed E-state index contributed by atoms with van der Waals surface area (Å²) in [5.41, 5.74) is 1.53. The van der Waals surface area contributed by atoms with Gasteiger partial charge < -0.3 is 14.6 Å². The van der Waals surface area contributed by atoms with Crippen LogP contribution in [0.25, 0.3) is 0 Å². The van der Waals surface area contributed by atoms with Gasteiger partial charge in [0, 0.05) is 10.7 Å². The molecule has 0 aliphatic carbocycles. The lowest BCUT2D eigenvalue weighted by atomic mass is 10.2. The molecule has 2 aromatic rings. The zero-order valence-electron chi connectivity index (χ0n) is 9.86. The third-order valence-electron chi connectivity index (χ3n) is 2.37. The van der Waals surface area contributed by atoms with Crippen LogP contribution >= 0.6 is 11.6 Å². The number of nitrogens with zero attached hydrogens (tertiary/aromatic N) is 1. The van der Waals surface area contributed by atoms with E-state index >= 15 is 0 Å². The molecule has 1 amide bonds. The van der Waals surface area contributed by atoms with E-state index in [0.29, 0.717) is 10.7 Å². The van der Waals surface area contributed by atoms with Crippen molar-refractivity contribution >= 4 is 23.2 Å². The van der Waals surface area contributed by atoms with E-state index in [1.54, 1.807) is 12.1 Å². The van der Waals surface area contributed by atoms with Crippen molar-refractivity contribution in [2.45, 2.75) is 6.92 Å². The van der Waals surface area contributed by atoms with E-state index in [0.717, 1.165) is 5.56 Å². The summed E-state index contributed by atoms with van der Waals surface area (Å²) in [4.78, 5) is 11.9. The Bertz CT molecular complexity index is 580. The molecule has 0 unspecified atom stereocenters. The summed E-state index contributed by atoms with van der Waals surface area (Å²) in [6.45, 7) is 1.87. The molecule has 1 aromatic heterocycles. The van der Waals surface area contributed by atoms with E-state index in [2.05, 4.69) is 10.5 Å². The summed E-state index contributed by atoms with van der Waals surface area (Å²) in [5, 5.41) is 6.79. The Hall–Kier alpha value is -2.01. The molecule has 5 nitrogen and oxygen atoms in total. The van der Waals surface area contributed by atoms with Gasteiger partial charge in [0.2, 0.25) is 5.76 Å². The van der Waals surface area contributed by atoms with Crippen LogP contribution in [0.5, 0.6) is 5.88 Å². The normalized spacial score (nSPS) is 10.2. The van der Waals surface area contributed by atoms with Crippen LogP contribution in [-0.2, 0) is 0 Å². The summed E-state index contributed by atoms with van der Waals surface area (Å²) in [6.07, 6.45) is 0. The summed E-state index contributed by atoms with van der Waals surface area (Å²) in [7, 11) is 1.45. The van der Waals surface area contributed by atoms with Gasteiger partial charge in [0.1, 0.15) is 0 Å². The highest BCUT2D eigenvalue weighted by atomic mass is 35.5. The third kappa shape index (κ3) is 2.62. The number of benzene rings is 1. The van der Waals surface area contributed by atoms with Crippen LogP contribution in [0.15, 0.2) is 28.8 Å². The monoisotopic (exact) mass is 266 g/mol. The number of amides is 1. The molecule has 0 atom stereocenters. The quantitative estimate of drug-likeness (QED) is 0.928. The number of anilines is 1. The Balaban J connectivity index is 2.18. The number of aryl methyl sites for hydroxylation is 1. The van der Waals surface area contributed by atoms with Gasteiger partial charge in [-0.25, -0.2) is 0 Å². The van der Waals surface area contributed by atoms with E-state index in [9.17, 15) is 4.79 Å². The van der Waals surface area contributed by atoms with Gasteiger partial charge in [-0.3, -0.25) is 4.79 Å². The number of hydrogen-bond acceptors (Lipinski definition) is 4. The van der Waals surface area contributed by atoms with E-state index in [-0.39, 0.29) is 11.6 Å². The first-order valence-corrected chi connectivity index (χ1v) is 5.56. The van der Waals surface area contributed by atoms with Gasteiger partial charge in [-0.05, 0) is 29.8 Å². The van der Waals surface area contributed by atoms with Gasteiger partial charge in [0.25, 0.3) is 11.8 Å². The van der Waals surface area contributed by atoms with Crippen LogP contribution < -0.4 is 10.1 Å². The van der Waals surface area contributed by atoms with E-state index in [1.165, 1.54) is 13.2 Å². The number of carbonyl (C=O) groups is 1. The van der Waals surface area contributed by atoms with E-state index < -0.39 is 5.91 Å². The predicted molar refractivity (Wildman–Crippen MR) is 67.2 cm³/mol. The fourth-order valence-electron chi connectivity index (χ4n) is 1.38. The van der Waals surface area contributed by atoms with Crippen LogP contribution in [0.4, 0.5) is 5.69 Å². The van der Waals surface area contributed by atoms with E-state index in [4.69, 9.17) is 20.9 Å². The second-order valence-electron chi connectivity index (χ2n) is 3.65. The molecule has 18 heavy (non-hydrogen) atoms. The first-order chi connectivity index (χ1) is 8.60. The molecule has 0 saturated carbocycles. The lowest BCUT2D eigenvalue weighted by Gasteiger charge is -2.06. The van der Waals surface area contributed by atoms with Crippen LogP contribution in [-0.4, -0.2) is 18.2 Å². The molecule has 6 heteroatoms. The summed E-state index contributed by atoms with van der Waals surface area (Å²) >= 11 is 5.87. The zero-order valence-corrected chi connectivity index (χ0v) is 10.6. The average Bonchev–Trinajstić information content (AvgIpc) is 2.82. The second-order valence-corrected chi connectivity index (χ2v) is 4.08. The zero-order chi connectivity index (χ0) is 13.1. The standard InChI is InChI=1S/C12H11ClN2O3/c1-7-3-4-8(13)5-9(7)14-12(16)10-6-11(17-2)15-18-10/h3-6H,1-2H3,(H,14,16). The van der Waals surface area contributed by atoms with Crippen molar-refractivity contribution in [2.24, 2.45) is 0 Å². The molecule has 0 saturated heterocycles. The molecule has 0 aliphatic heterocycles. The Morgan fingerprint density at radius 3 is 2.89 bits per heavy atom. The lowest BCUT2D eigenvalue weighted by molar-refractivity contribution is 0.0987. The van der Waals surface area contributed by atoms with Gasteiger partial charge in [-0.1, -0.05) is 17.7 Å². The second kappa shape index (κ2) is 5.10. The highest BCUT2D eigenvalue weighted by Gasteiger charge is 2.14. The van der Waals surface area contributed by atoms with Crippen LogP contribution in [0.2, 0.25) is 5.02 Å². The molecular weight excluding hydrogens is 256 g/mol. The largest absolute Gasteiger partial charge is 0.479 e. The number of aromatic nitrogens is 1. The van der Waals surface area contributed by atoms with Gasteiger partial charge in [0.15, 0.2) is 0 Å². The molecule has 0 radical (unpaired) electrons. The Morgan fingerprint density at radius 2 is 2.22 bits per heavy atom. The molecule has 1 heterocycles. The fourth-order valence-corrected chi connectivity index (χ4v) is 1.55. The highest BCUT2D eigenvalue weighted by molar-refractivity contribution is 6.31. The van der Waals surface area contributed by atoms with Gasteiger partial charge in [0.05, 0.1) is 13.2 Å². The van der Waals surface area contributed by atoms with Crippen LogP contribution in [0.3, 0.4) is 0 Å². The Morgan fingerprint density at radius 1 is 1.44 bits per heavy atom. The minimum atomic E-state index is -0.406. The number of carbonyl (C=O) groups excluding carboxylic acids is 1. The topological polar surface area (TPSA) is 64.4 Å². The maximum Gasteiger partial charge on any atom is 0.294 e. The van der Waals surface area contributed by atoms with E-state index in [1.807, 2.05) is 13.0 Å². The average molecular weight is 267 g/mol. The summed E-state index contributed by atoms with van der Waals surface area (Å²) in [5.74, 6) is -0.0784. The number of ether oxygens (including phenoxy) is 1. The maximum absolute atomic E-state index is 11.9. The number of methoxy groups -OCH3 is 1. The van der Waals surface area contributed by atoms with Crippen molar-refractivity contribution in [3.05, 3.63) is 40.6 Å². The number of halogens is 1. The van der Waals surface area contributed by atoms with Gasteiger partial charge in [-0.2, -0.15) is 0 Å². The molecule has 94 valence electrons. The minimum absolute atomic E-state index is 0.0752. The molecule has 1 N–H and O–H groups in total. The Labute approximate surface area is 109 Å². The van der Waals surface area contributed by atoms with Crippen molar-refractivity contribution in [2.75, 3.05) is 12.4 Å². The molecule has 0 spiro atoms. The number of rotatable bonds is 3. The summed E-state index contributed by atoms with van der Waals surface area (Å²) < 4.78 is 9.67. The number of nitrogens with one attached hydrogen (secondary N) is 1. The predicted octanol–water partition coefficient (Wildman–Crippen LogP) is 2.90. The molecular formula is C12H11ClN2O3. The van der Waals surface area contributed by atoms with Crippen molar-refractivity contribution in [3.8, 4) is 5.88 Å². The number of hydrogen-bond donors (Lipinski definition) is 1. The first-order valence-electron chi connectivity index (χ1n) is 5.18. The molecule has 2 rings (SSSR count). The first kappa shape index (κ1) is 12.4. The van der Waals surface area contributed by atoms with Gasteiger partial charge in [-0.15, -0.1) is 0 Å². The van der Waals surface area contributed by atoms with Crippen molar-refractivity contribution in [1.29, 1.82) is 0 Å². The van der Waals surface area contributed by atoms with Crippen LogP contribution in [0, 0.1) is 6.92 Å². The Kier molecular flexibility index (Phi) is 3.53.